The van der Waals surface area contributed by atoms with E-state index in [1.54, 1.807) is 48.5 Å². The number of Topliss-reactive ketones (excluding diaryl/α,β-unsaturated/α-hetero) is 1. The van der Waals surface area contributed by atoms with Crippen LogP contribution in [0.15, 0.2) is 72.8 Å². The lowest BCUT2D eigenvalue weighted by molar-refractivity contribution is 0.0989. The van der Waals surface area contributed by atoms with Crippen LogP contribution in [0.2, 0.25) is 0 Å². The molecule has 0 aliphatic heterocycles. The SMILES string of the molecule is CN(C)c1ccc(CC(=O)c2ccc(C(=O)Nc3ccccc3N)cc2)cc1. The monoisotopic (exact) mass is 373 g/mol. The third-order valence-corrected chi connectivity index (χ3v) is 4.50. The van der Waals surface area contributed by atoms with Crippen molar-refractivity contribution in [2.45, 2.75) is 6.42 Å². The van der Waals surface area contributed by atoms with Gasteiger partial charge in [0, 0.05) is 37.3 Å². The van der Waals surface area contributed by atoms with Crippen LogP contribution >= 0.6 is 0 Å². The van der Waals surface area contributed by atoms with Gasteiger partial charge in [0.1, 0.15) is 0 Å². The van der Waals surface area contributed by atoms with Gasteiger partial charge in [-0.3, -0.25) is 9.59 Å². The van der Waals surface area contributed by atoms with Gasteiger partial charge in [0.25, 0.3) is 5.91 Å². The van der Waals surface area contributed by atoms with E-state index in [2.05, 4.69) is 5.32 Å². The number of nitrogens with two attached hydrogens (primary N) is 1. The number of carbonyl (C=O) groups is 2. The van der Waals surface area contributed by atoms with Gasteiger partial charge < -0.3 is 16.0 Å². The molecule has 0 fully saturated rings. The highest BCUT2D eigenvalue weighted by atomic mass is 16.1. The van der Waals surface area contributed by atoms with Gasteiger partial charge in [0.05, 0.1) is 11.4 Å². The van der Waals surface area contributed by atoms with E-state index in [0.29, 0.717) is 28.9 Å². The summed E-state index contributed by atoms with van der Waals surface area (Å²) >= 11 is 0. The molecule has 0 saturated heterocycles. The normalized spacial score (nSPS) is 10.4. The zero-order valence-corrected chi connectivity index (χ0v) is 16.0. The highest BCUT2D eigenvalue weighted by molar-refractivity contribution is 6.06. The molecule has 1 amide bonds. The molecule has 0 spiro atoms. The molecule has 3 aromatic rings. The molecule has 0 aromatic heterocycles. The molecule has 0 atom stereocenters. The summed E-state index contributed by atoms with van der Waals surface area (Å²) in [7, 11) is 3.95. The number of amides is 1. The number of anilines is 3. The topological polar surface area (TPSA) is 75.4 Å². The first-order valence-corrected chi connectivity index (χ1v) is 8.99. The summed E-state index contributed by atoms with van der Waals surface area (Å²) in [6.45, 7) is 0. The fourth-order valence-corrected chi connectivity index (χ4v) is 2.81. The lowest BCUT2D eigenvalue weighted by Gasteiger charge is -2.12. The van der Waals surface area contributed by atoms with Crippen LogP contribution < -0.4 is 16.0 Å². The average Bonchev–Trinajstić information content (AvgIpc) is 2.70. The number of rotatable bonds is 6. The van der Waals surface area contributed by atoms with Crippen molar-refractivity contribution in [3.8, 4) is 0 Å². The first-order chi connectivity index (χ1) is 13.4. The molecular formula is C23H23N3O2. The van der Waals surface area contributed by atoms with Crippen LogP contribution in [0, 0.1) is 0 Å². The number of hydrogen-bond acceptors (Lipinski definition) is 4. The van der Waals surface area contributed by atoms with Crippen molar-refractivity contribution in [1.82, 2.24) is 0 Å². The fourth-order valence-electron chi connectivity index (χ4n) is 2.81. The molecule has 0 aliphatic rings. The van der Waals surface area contributed by atoms with Gasteiger partial charge in [-0.2, -0.15) is 0 Å². The van der Waals surface area contributed by atoms with E-state index in [4.69, 9.17) is 5.73 Å². The molecule has 0 unspecified atom stereocenters. The van der Waals surface area contributed by atoms with Gasteiger partial charge in [-0.05, 0) is 42.0 Å². The maximum Gasteiger partial charge on any atom is 0.255 e. The molecule has 3 rings (SSSR count). The fraction of sp³-hybridized carbons (Fsp3) is 0.130. The van der Waals surface area contributed by atoms with Gasteiger partial charge in [0.2, 0.25) is 0 Å². The van der Waals surface area contributed by atoms with Crippen LogP contribution in [0.4, 0.5) is 17.1 Å². The molecule has 5 nitrogen and oxygen atoms in total. The molecule has 28 heavy (non-hydrogen) atoms. The maximum atomic E-state index is 12.5. The Morgan fingerprint density at radius 3 is 2.07 bits per heavy atom. The van der Waals surface area contributed by atoms with Gasteiger partial charge in [0.15, 0.2) is 5.78 Å². The van der Waals surface area contributed by atoms with E-state index in [1.807, 2.05) is 43.3 Å². The van der Waals surface area contributed by atoms with E-state index in [-0.39, 0.29) is 11.7 Å². The number of nitrogen functional groups attached to an aromatic ring is 1. The molecule has 3 N–H and O–H groups in total. The Hall–Kier alpha value is -3.60. The molecule has 5 heteroatoms. The minimum absolute atomic E-state index is 0.0110. The number of ketones is 1. The molecule has 0 radical (unpaired) electrons. The minimum Gasteiger partial charge on any atom is -0.397 e. The summed E-state index contributed by atoms with van der Waals surface area (Å²) in [5, 5.41) is 2.78. The van der Waals surface area contributed by atoms with Gasteiger partial charge in [-0.25, -0.2) is 0 Å². The second-order valence-corrected chi connectivity index (χ2v) is 6.78. The van der Waals surface area contributed by atoms with Crippen molar-refractivity contribution in [2.24, 2.45) is 0 Å². The summed E-state index contributed by atoms with van der Waals surface area (Å²) in [5.74, 6) is -0.256. The van der Waals surface area contributed by atoms with E-state index < -0.39 is 0 Å². The smallest absolute Gasteiger partial charge is 0.255 e. The van der Waals surface area contributed by atoms with Crippen molar-refractivity contribution in [3.05, 3.63) is 89.5 Å². The number of nitrogens with zero attached hydrogens (tertiary/aromatic N) is 1. The first kappa shape index (κ1) is 19.2. The average molecular weight is 373 g/mol. The molecule has 142 valence electrons. The third-order valence-electron chi connectivity index (χ3n) is 4.50. The Labute approximate surface area is 164 Å². The number of benzene rings is 3. The standard InChI is InChI=1S/C23H23N3O2/c1-26(2)19-13-7-16(8-14-19)15-22(27)17-9-11-18(12-10-17)23(28)25-21-6-4-3-5-20(21)24/h3-14H,15,24H2,1-2H3,(H,25,28). The Balaban J connectivity index is 1.65. The Morgan fingerprint density at radius 1 is 0.857 bits per heavy atom. The van der Waals surface area contributed by atoms with E-state index in [1.165, 1.54) is 0 Å². The van der Waals surface area contributed by atoms with Crippen molar-refractivity contribution in [2.75, 3.05) is 30.0 Å². The predicted octanol–water partition coefficient (Wildman–Crippen LogP) is 4.01. The lowest BCUT2D eigenvalue weighted by Crippen LogP contribution is -2.13. The summed E-state index contributed by atoms with van der Waals surface area (Å²) < 4.78 is 0. The maximum absolute atomic E-state index is 12.5. The molecule has 0 heterocycles. The predicted molar refractivity (Wildman–Crippen MR) is 114 cm³/mol. The van der Waals surface area contributed by atoms with Crippen LogP contribution in [0.5, 0.6) is 0 Å². The second kappa shape index (κ2) is 8.39. The molecule has 3 aromatic carbocycles. The molecule has 0 bridgehead atoms. The summed E-state index contributed by atoms with van der Waals surface area (Å²) in [4.78, 5) is 26.9. The minimum atomic E-state index is -0.267. The Kier molecular flexibility index (Phi) is 5.75. The number of hydrogen-bond donors (Lipinski definition) is 2. The Morgan fingerprint density at radius 2 is 1.46 bits per heavy atom. The molecular weight excluding hydrogens is 350 g/mol. The third kappa shape index (κ3) is 4.57. The first-order valence-electron chi connectivity index (χ1n) is 8.99. The summed E-state index contributed by atoms with van der Waals surface area (Å²) in [5.41, 5.74) is 10.0. The van der Waals surface area contributed by atoms with Gasteiger partial charge in [-0.1, -0.05) is 36.4 Å². The van der Waals surface area contributed by atoms with Crippen LogP contribution in [-0.2, 0) is 6.42 Å². The summed E-state index contributed by atoms with van der Waals surface area (Å²) in [6.07, 6.45) is 0.319. The van der Waals surface area contributed by atoms with E-state index >= 15 is 0 Å². The highest BCUT2D eigenvalue weighted by Crippen LogP contribution is 2.18. The van der Waals surface area contributed by atoms with Gasteiger partial charge in [-0.15, -0.1) is 0 Å². The van der Waals surface area contributed by atoms with Crippen molar-refractivity contribution >= 4 is 28.8 Å². The number of carbonyl (C=O) groups excluding carboxylic acids is 2. The van der Waals surface area contributed by atoms with Crippen molar-refractivity contribution in [3.63, 3.8) is 0 Å². The van der Waals surface area contributed by atoms with Crippen molar-refractivity contribution < 1.29 is 9.59 Å². The summed E-state index contributed by atoms with van der Waals surface area (Å²) in [6, 6.07) is 21.6. The Bertz CT molecular complexity index is 977. The van der Waals surface area contributed by atoms with Crippen molar-refractivity contribution in [1.29, 1.82) is 0 Å². The quantitative estimate of drug-likeness (QED) is 0.506. The zero-order chi connectivity index (χ0) is 20.1. The van der Waals surface area contributed by atoms with Crippen LogP contribution in [0.25, 0.3) is 0 Å². The molecule has 0 saturated carbocycles. The van der Waals surface area contributed by atoms with E-state index in [9.17, 15) is 9.59 Å². The van der Waals surface area contributed by atoms with Crippen LogP contribution in [-0.4, -0.2) is 25.8 Å². The lowest BCUT2D eigenvalue weighted by atomic mass is 10.0. The largest absolute Gasteiger partial charge is 0.397 e. The van der Waals surface area contributed by atoms with Crippen LogP contribution in [0.3, 0.4) is 0 Å². The molecule has 0 aliphatic carbocycles. The number of para-hydroxylation sites is 2. The number of nitrogens with one attached hydrogen (secondary N) is 1. The van der Waals surface area contributed by atoms with Crippen LogP contribution in [0.1, 0.15) is 26.3 Å². The van der Waals surface area contributed by atoms with E-state index in [0.717, 1.165) is 11.3 Å². The second-order valence-electron chi connectivity index (χ2n) is 6.78. The zero-order valence-electron chi connectivity index (χ0n) is 16.0. The highest BCUT2D eigenvalue weighted by Gasteiger charge is 2.11. The van der Waals surface area contributed by atoms with Gasteiger partial charge >= 0.3 is 0 Å².